The van der Waals surface area contributed by atoms with Gasteiger partial charge >= 0.3 is 0 Å². The molecule has 0 spiro atoms. The summed E-state index contributed by atoms with van der Waals surface area (Å²) in [6, 6.07) is 4.83. The van der Waals surface area contributed by atoms with Gasteiger partial charge in [0.2, 0.25) is 15.9 Å². The predicted octanol–water partition coefficient (Wildman–Crippen LogP) is 0.288. The summed E-state index contributed by atoms with van der Waals surface area (Å²) in [6.07, 6.45) is 0.382. The summed E-state index contributed by atoms with van der Waals surface area (Å²) < 4.78 is 28.1. The van der Waals surface area contributed by atoms with Crippen molar-refractivity contribution >= 4 is 15.9 Å². The van der Waals surface area contributed by atoms with Crippen LogP contribution in [0.4, 0.5) is 0 Å². The number of carbonyl (C=O) groups excluding carboxylic acids is 1. The monoisotopic (exact) mass is 284 g/mol. The van der Waals surface area contributed by atoms with E-state index in [4.69, 9.17) is 9.88 Å². The van der Waals surface area contributed by atoms with E-state index in [2.05, 4.69) is 0 Å². The number of rotatable bonds is 3. The summed E-state index contributed by atoms with van der Waals surface area (Å²) in [4.78, 5) is 13.1. The van der Waals surface area contributed by atoms with Crippen molar-refractivity contribution in [3.05, 3.63) is 23.8 Å². The zero-order valence-corrected chi connectivity index (χ0v) is 11.6. The maximum Gasteiger partial charge on any atom is 0.241 e. The van der Waals surface area contributed by atoms with E-state index in [-0.39, 0.29) is 22.5 Å². The van der Waals surface area contributed by atoms with Crippen LogP contribution in [0.1, 0.15) is 17.9 Å². The molecule has 6 nitrogen and oxygen atoms in total. The Morgan fingerprint density at radius 3 is 2.58 bits per heavy atom. The number of likely N-dealkylation sites (tertiary alicyclic amines) is 1. The van der Waals surface area contributed by atoms with E-state index in [1.54, 1.807) is 24.1 Å². The molecule has 0 bridgehead atoms. The molecular formula is C12H16N2O4S. The summed E-state index contributed by atoms with van der Waals surface area (Å²) in [5.41, 5.74) is 0.780. The highest BCUT2D eigenvalue weighted by Gasteiger charge is 2.29. The third kappa shape index (κ3) is 2.71. The first-order valence-electron chi connectivity index (χ1n) is 5.77. The molecule has 0 aliphatic carbocycles. The first-order valence-corrected chi connectivity index (χ1v) is 7.32. The molecule has 0 aromatic heterocycles. The van der Waals surface area contributed by atoms with Crippen molar-refractivity contribution in [2.45, 2.75) is 17.2 Å². The second kappa shape index (κ2) is 4.82. The second-order valence-corrected chi connectivity index (χ2v) is 6.16. The van der Waals surface area contributed by atoms with E-state index in [1.807, 2.05) is 0 Å². The van der Waals surface area contributed by atoms with Crippen LogP contribution in [0.15, 0.2) is 23.1 Å². The minimum Gasteiger partial charge on any atom is -0.495 e. The van der Waals surface area contributed by atoms with Gasteiger partial charge in [-0.25, -0.2) is 13.6 Å². The van der Waals surface area contributed by atoms with Crippen molar-refractivity contribution in [3.8, 4) is 5.75 Å². The zero-order chi connectivity index (χ0) is 14.2. The Morgan fingerprint density at radius 1 is 1.42 bits per heavy atom. The Labute approximate surface area is 112 Å². The van der Waals surface area contributed by atoms with Crippen LogP contribution in [-0.2, 0) is 14.8 Å². The largest absolute Gasteiger partial charge is 0.495 e. The lowest BCUT2D eigenvalue weighted by Gasteiger charge is -2.13. The number of sulfonamides is 1. The Kier molecular flexibility index (Phi) is 3.51. The number of nitrogens with zero attached hydrogens (tertiary/aromatic N) is 1. The topological polar surface area (TPSA) is 89.7 Å². The molecule has 1 fully saturated rings. The van der Waals surface area contributed by atoms with Gasteiger partial charge in [-0.15, -0.1) is 0 Å². The third-order valence-electron chi connectivity index (χ3n) is 3.31. The molecular weight excluding hydrogens is 268 g/mol. The Hall–Kier alpha value is -1.60. The van der Waals surface area contributed by atoms with Crippen molar-refractivity contribution in [1.82, 2.24) is 4.90 Å². The molecule has 2 N–H and O–H groups in total. The molecule has 1 unspecified atom stereocenters. The average molecular weight is 284 g/mol. The molecule has 19 heavy (non-hydrogen) atoms. The Balaban J connectivity index is 2.42. The van der Waals surface area contributed by atoms with Gasteiger partial charge in [0.25, 0.3) is 0 Å². The fourth-order valence-electron chi connectivity index (χ4n) is 2.26. The van der Waals surface area contributed by atoms with Crippen LogP contribution in [0.25, 0.3) is 0 Å². The van der Waals surface area contributed by atoms with Crippen LogP contribution in [-0.4, -0.2) is 39.9 Å². The van der Waals surface area contributed by atoms with Gasteiger partial charge in [-0.2, -0.15) is 0 Å². The quantitative estimate of drug-likeness (QED) is 0.863. The Bertz CT molecular complexity index is 612. The second-order valence-electron chi connectivity index (χ2n) is 4.63. The van der Waals surface area contributed by atoms with Crippen LogP contribution in [0, 0.1) is 0 Å². The summed E-state index contributed by atoms with van der Waals surface area (Å²) in [5.74, 6) is 0.255. The third-order valence-corrected chi connectivity index (χ3v) is 4.24. The van der Waals surface area contributed by atoms with Crippen molar-refractivity contribution < 1.29 is 17.9 Å². The van der Waals surface area contributed by atoms with Gasteiger partial charge in [0.1, 0.15) is 10.6 Å². The fraction of sp³-hybridized carbons (Fsp3) is 0.417. The maximum atomic E-state index is 11.5. The summed E-state index contributed by atoms with van der Waals surface area (Å²) in [5, 5.41) is 5.17. The van der Waals surface area contributed by atoms with E-state index in [1.165, 1.54) is 13.2 Å². The van der Waals surface area contributed by atoms with Crippen molar-refractivity contribution in [3.63, 3.8) is 0 Å². The molecule has 1 aromatic rings. The number of benzene rings is 1. The number of methoxy groups -OCH3 is 1. The molecule has 1 saturated heterocycles. The van der Waals surface area contributed by atoms with Gasteiger partial charge in [0.05, 0.1) is 7.11 Å². The van der Waals surface area contributed by atoms with Gasteiger partial charge in [0.15, 0.2) is 0 Å². The molecule has 2 rings (SSSR count). The molecule has 7 heteroatoms. The number of ether oxygens (including phenoxy) is 1. The Morgan fingerprint density at radius 2 is 2.11 bits per heavy atom. The first-order chi connectivity index (χ1) is 8.82. The summed E-state index contributed by atoms with van der Waals surface area (Å²) >= 11 is 0. The van der Waals surface area contributed by atoms with Crippen molar-refractivity contribution in [2.24, 2.45) is 5.14 Å². The van der Waals surface area contributed by atoms with Crippen LogP contribution < -0.4 is 9.88 Å². The first kappa shape index (κ1) is 13.8. The zero-order valence-electron chi connectivity index (χ0n) is 10.8. The number of likely N-dealkylation sites (N-methyl/N-ethyl adjacent to an activating group) is 1. The molecule has 0 radical (unpaired) electrons. The molecule has 1 aliphatic heterocycles. The molecule has 1 aromatic carbocycles. The highest BCUT2D eigenvalue weighted by Crippen LogP contribution is 2.32. The number of nitrogens with two attached hydrogens (primary N) is 1. The van der Waals surface area contributed by atoms with Gasteiger partial charge in [-0.3, -0.25) is 4.79 Å². The van der Waals surface area contributed by atoms with Crippen LogP contribution >= 0.6 is 0 Å². The number of hydrogen-bond acceptors (Lipinski definition) is 4. The minimum absolute atomic E-state index is 0.0103. The van der Waals surface area contributed by atoms with Crippen molar-refractivity contribution in [2.75, 3.05) is 20.7 Å². The SMILES string of the molecule is COc1ccc(C2CC(=O)N(C)C2)cc1S(N)(=O)=O. The molecule has 0 saturated carbocycles. The minimum atomic E-state index is -3.85. The molecule has 1 heterocycles. The van der Waals surface area contributed by atoms with Gasteiger partial charge in [0, 0.05) is 25.9 Å². The van der Waals surface area contributed by atoms with Crippen LogP contribution in [0.3, 0.4) is 0 Å². The molecule has 104 valence electrons. The fourth-order valence-corrected chi connectivity index (χ4v) is 2.99. The highest BCUT2D eigenvalue weighted by molar-refractivity contribution is 7.89. The lowest BCUT2D eigenvalue weighted by molar-refractivity contribution is -0.126. The van der Waals surface area contributed by atoms with E-state index >= 15 is 0 Å². The summed E-state index contributed by atoms with van der Waals surface area (Å²) in [6.45, 7) is 0.579. The van der Waals surface area contributed by atoms with E-state index in [0.29, 0.717) is 13.0 Å². The van der Waals surface area contributed by atoms with E-state index < -0.39 is 10.0 Å². The molecule has 1 atom stereocenters. The normalized spacial score (nSPS) is 19.8. The average Bonchev–Trinajstić information content (AvgIpc) is 2.68. The number of hydrogen-bond donors (Lipinski definition) is 1. The van der Waals surface area contributed by atoms with Gasteiger partial charge in [-0.1, -0.05) is 6.07 Å². The molecule has 1 amide bonds. The van der Waals surface area contributed by atoms with Gasteiger partial charge < -0.3 is 9.64 Å². The number of carbonyl (C=O) groups is 1. The lowest BCUT2D eigenvalue weighted by atomic mass is 9.98. The van der Waals surface area contributed by atoms with E-state index in [0.717, 1.165) is 5.56 Å². The lowest BCUT2D eigenvalue weighted by Crippen LogP contribution is -2.18. The van der Waals surface area contributed by atoms with Crippen LogP contribution in [0.2, 0.25) is 0 Å². The smallest absolute Gasteiger partial charge is 0.241 e. The standard InChI is InChI=1S/C12H16N2O4S/c1-14-7-9(6-12(14)15)8-3-4-10(18-2)11(5-8)19(13,16)17/h3-5,9H,6-7H2,1-2H3,(H2,13,16,17). The van der Waals surface area contributed by atoms with E-state index in [9.17, 15) is 13.2 Å². The number of amides is 1. The highest BCUT2D eigenvalue weighted by atomic mass is 32.2. The maximum absolute atomic E-state index is 11.5. The van der Waals surface area contributed by atoms with Gasteiger partial charge in [-0.05, 0) is 17.7 Å². The number of primary sulfonamides is 1. The molecule has 1 aliphatic rings. The van der Waals surface area contributed by atoms with Crippen molar-refractivity contribution in [1.29, 1.82) is 0 Å². The summed E-state index contributed by atoms with van der Waals surface area (Å²) in [7, 11) is -0.734. The predicted molar refractivity (Wildman–Crippen MR) is 69.4 cm³/mol. The van der Waals surface area contributed by atoms with Crippen LogP contribution in [0.5, 0.6) is 5.75 Å².